The van der Waals surface area contributed by atoms with Gasteiger partial charge in [-0.05, 0) is 61.1 Å². The molecule has 30 heavy (non-hydrogen) atoms. The van der Waals surface area contributed by atoms with Crippen molar-refractivity contribution in [2.75, 3.05) is 13.1 Å². The molecule has 2 aromatic rings. The molecule has 2 aliphatic rings. The number of amides is 1. The maximum Gasteiger partial charge on any atom is 0.243 e. The van der Waals surface area contributed by atoms with Crippen LogP contribution in [0, 0.1) is 0 Å². The van der Waals surface area contributed by atoms with Gasteiger partial charge in [0.2, 0.25) is 15.9 Å². The van der Waals surface area contributed by atoms with E-state index in [-0.39, 0.29) is 5.91 Å². The molecule has 4 rings (SSSR count). The molecular weight excluding hydrogens is 464 g/mol. The number of nitrogens with zero attached hydrogens (tertiary/aromatic N) is 1. The number of piperidine rings is 1. The number of carbonyl (C=O) groups is 1. The Labute approximate surface area is 187 Å². The zero-order valence-corrected chi connectivity index (χ0v) is 19.3. The fourth-order valence-corrected chi connectivity index (χ4v) is 6.11. The van der Waals surface area contributed by atoms with E-state index in [1.807, 2.05) is 24.3 Å². The Morgan fingerprint density at radius 3 is 2.13 bits per heavy atom. The van der Waals surface area contributed by atoms with Gasteiger partial charge < -0.3 is 5.32 Å². The molecule has 0 aromatic heterocycles. The Hall–Kier alpha value is -1.70. The monoisotopic (exact) mass is 490 g/mol. The third-order valence-electron chi connectivity index (χ3n) is 6.37. The van der Waals surface area contributed by atoms with Crippen molar-refractivity contribution < 1.29 is 13.2 Å². The van der Waals surface area contributed by atoms with Crippen LogP contribution in [0.25, 0.3) is 0 Å². The van der Waals surface area contributed by atoms with Crippen LogP contribution in [0.4, 0.5) is 0 Å². The lowest BCUT2D eigenvalue weighted by Gasteiger charge is -2.40. The van der Waals surface area contributed by atoms with E-state index in [9.17, 15) is 13.2 Å². The highest BCUT2D eigenvalue weighted by Crippen LogP contribution is 2.44. The number of benzene rings is 2. The molecule has 1 saturated heterocycles. The third kappa shape index (κ3) is 4.20. The smallest absolute Gasteiger partial charge is 0.243 e. The molecule has 0 radical (unpaired) electrons. The van der Waals surface area contributed by atoms with Crippen molar-refractivity contribution in [3.63, 3.8) is 0 Å². The first-order valence-corrected chi connectivity index (χ1v) is 12.8. The molecule has 1 N–H and O–H groups in total. The van der Waals surface area contributed by atoms with Gasteiger partial charge in [-0.3, -0.25) is 4.79 Å². The molecular formula is C23H27BrN2O3S. The summed E-state index contributed by atoms with van der Waals surface area (Å²) in [7, 11) is -3.43. The van der Waals surface area contributed by atoms with E-state index in [1.165, 1.54) is 0 Å². The number of halogens is 1. The first kappa shape index (κ1) is 21.5. The minimum atomic E-state index is -3.43. The predicted octanol–water partition coefficient (Wildman–Crippen LogP) is 4.36. The van der Waals surface area contributed by atoms with Crippen LogP contribution >= 0.6 is 15.9 Å². The fourth-order valence-electron chi connectivity index (χ4n) is 4.33. The summed E-state index contributed by atoms with van der Waals surface area (Å²) < 4.78 is 28.1. The molecule has 0 bridgehead atoms. The summed E-state index contributed by atoms with van der Waals surface area (Å²) >= 11 is 3.45. The van der Waals surface area contributed by atoms with Crippen LogP contribution in [0.15, 0.2) is 57.9 Å². The second-order valence-electron chi connectivity index (χ2n) is 8.23. The van der Waals surface area contributed by atoms with Crippen LogP contribution in [-0.4, -0.2) is 31.7 Å². The number of hydrogen-bond donors (Lipinski definition) is 1. The van der Waals surface area contributed by atoms with E-state index >= 15 is 0 Å². The number of carbonyl (C=O) groups excluding carboxylic acids is 1. The van der Waals surface area contributed by atoms with Gasteiger partial charge in [-0.25, -0.2) is 8.42 Å². The molecule has 5 nitrogen and oxygen atoms in total. The molecule has 1 saturated carbocycles. The Morgan fingerprint density at radius 2 is 1.57 bits per heavy atom. The lowest BCUT2D eigenvalue weighted by Crippen LogP contribution is -2.48. The maximum absolute atomic E-state index is 13.0. The van der Waals surface area contributed by atoms with Crippen molar-refractivity contribution in [3.8, 4) is 0 Å². The van der Waals surface area contributed by atoms with Crippen LogP contribution in [0.3, 0.4) is 0 Å². The molecule has 2 fully saturated rings. The summed E-state index contributed by atoms with van der Waals surface area (Å²) in [4.78, 5) is 13.3. The molecule has 0 atom stereocenters. The van der Waals surface area contributed by atoms with Crippen molar-refractivity contribution in [2.45, 2.75) is 55.4 Å². The minimum absolute atomic E-state index is 0.0427. The van der Waals surface area contributed by atoms with Gasteiger partial charge >= 0.3 is 0 Å². The lowest BCUT2D eigenvalue weighted by molar-refractivity contribution is -0.130. The molecule has 160 valence electrons. The molecule has 1 amide bonds. The van der Waals surface area contributed by atoms with Gasteiger partial charge in [-0.2, -0.15) is 4.31 Å². The van der Waals surface area contributed by atoms with Crippen molar-refractivity contribution in [1.82, 2.24) is 9.62 Å². The van der Waals surface area contributed by atoms with E-state index < -0.39 is 15.4 Å². The molecule has 0 spiro atoms. The van der Waals surface area contributed by atoms with E-state index in [4.69, 9.17) is 0 Å². The SMILES string of the molecule is O=C(NCc1ccc(S(=O)(=O)N2CCCCC2)cc1)C1(c2ccc(Br)cc2)CCC1. The van der Waals surface area contributed by atoms with E-state index in [2.05, 4.69) is 21.2 Å². The largest absolute Gasteiger partial charge is 0.351 e. The van der Waals surface area contributed by atoms with Crippen LogP contribution in [0.5, 0.6) is 0 Å². The summed E-state index contributed by atoms with van der Waals surface area (Å²) in [6.07, 6.45) is 5.69. The van der Waals surface area contributed by atoms with E-state index in [0.29, 0.717) is 24.5 Å². The highest BCUT2D eigenvalue weighted by molar-refractivity contribution is 9.10. The lowest BCUT2D eigenvalue weighted by atomic mass is 9.64. The van der Waals surface area contributed by atoms with E-state index in [0.717, 1.165) is 54.1 Å². The summed E-state index contributed by atoms with van der Waals surface area (Å²) in [6, 6.07) is 14.9. The van der Waals surface area contributed by atoms with Gasteiger partial charge in [0.25, 0.3) is 0 Å². The van der Waals surface area contributed by atoms with Gasteiger partial charge in [0.15, 0.2) is 0 Å². The van der Waals surface area contributed by atoms with Crippen LogP contribution < -0.4 is 5.32 Å². The maximum atomic E-state index is 13.0. The van der Waals surface area contributed by atoms with Crippen molar-refractivity contribution in [1.29, 1.82) is 0 Å². The van der Waals surface area contributed by atoms with Crippen molar-refractivity contribution in [2.24, 2.45) is 0 Å². The normalized spacial score (nSPS) is 19.1. The fraction of sp³-hybridized carbons (Fsp3) is 0.435. The van der Waals surface area contributed by atoms with Crippen LogP contribution in [0.1, 0.15) is 49.7 Å². The zero-order valence-electron chi connectivity index (χ0n) is 16.9. The molecule has 1 aliphatic carbocycles. The van der Waals surface area contributed by atoms with Crippen LogP contribution in [0.2, 0.25) is 0 Å². The number of hydrogen-bond acceptors (Lipinski definition) is 3. The van der Waals surface area contributed by atoms with Gasteiger partial charge in [-0.1, -0.05) is 53.0 Å². The highest BCUT2D eigenvalue weighted by Gasteiger charge is 2.45. The van der Waals surface area contributed by atoms with Gasteiger partial charge in [0.1, 0.15) is 0 Å². The molecule has 1 heterocycles. The van der Waals surface area contributed by atoms with Gasteiger partial charge in [0.05, 0.1) is 10.3 Å². The van der Waals surface area contributed by atoms with Crippen molar-refractivity contribution >= 4 is 31.9 Å². The second kappa shape index (κ2) is 8.81. The first-order valence-electron chi connectivity index (χ1n) is 10.6. The Kier molecular flexibility index (Phi) is 6.32. The zero-order chi connectivity index (χ0) is 21.2. The average molecular weight is 491 g/mol. The summed E-state index contributed by atoms with van der Waals surface area (Å²) in [6.45, 7) is 1.58. The Bertz CT molecular complexity index is 994. The topological polar surface area (TPSA) is 66.5 Å². The first-order chi connectivity index (χ1) is 14.4. The summed E-state index contributed by atoms with van der Waals surface area (Å²) in [5.41, 5.74) is 1.50. The van der Waals surface area contributed by atoms with Gasteiger partial charge in [-0.15, -0.1) is 0 Å². The summed E-state index contributed by atoms with van der Waals surface area (Å²) in [5.74, 6) is 0.0427. The van der Waals surface area contributed by atoms with Gasteiger partial charge in [0, 0.05) is 24.1 Å². The Morgan fingerprint density at radius 1 is 0.933 bits per heavy atom. The molecule has 2 aromatic carbocycles. The average Bonchev–Trinajstić information content (AvgIpc) is 2.74. The predicted molar refractivity (Wildman–Crippen MR) is 121 cm³/mol. The summed E-state index contributed by atoms with van der Waals surface area (Å²) in [5, 5.41) is 3.07. The second-order valence-corrected chi connectivity index (χ2v) is 11.1. The van der Waals surface area contributed by atoms with Crippen molar-refractivity contribution in [3.05, 3.63) is 64.1 Å². The number of nitrogens with one attached hydrogen (secondary N) is 1. The quantitative estimate of drug-likeness (QED) is 0.653. The van der Waals surface area contributed by atoms with E-state index in [1.54, 1.807) is 28.6 Å². The molecule has 1 aliphatic heterocycles. The molecule has 0 unspecified atom stereocenters. The minimum Gasteiger partial charge on any atom is -0.351 e. The van der Waals surface area contributed by atoms with Crippen LogP contribution in [-0.2, 0) is 26.8 Å². The Balaban J connectivity index is 1.41. The number of rotatable bonds is 6. The molecule has 7 heteroatoms. The third-order valence-corrected chi connectivity index (χ3v) is 8.81. The highest BCUT2D eigenvalue weighted by atomic mass is 79.9. The standard InChI is InChI=1S/C23H27BrN2O3S/c24-20-9-7-19(8-10-20)23(13-4-14-23)22(27)25-17-18-5-11-21(12-6-18)30(28,29)26-15-2-1-3-16-26/h5-12H,1-4,13-17H2,(H,25,27). The number of sulfonamides is 1.